The van der Waals surface area contributed by atoms with Crippen molar-refractivity contribution in [2.75, 3.05) is 12.0 Å². The molecule has 2 heterocycles. The summed E-state index contributed by atoms with van der Waals surface area (Å²) in [5, 5.41) is 5.71. The van der Waals surface area contributed by atoms with E-state index in [4.69, 9.17) is 4.74 Å². The fourth-order valence-electron chi connectivity index (χ4n) is 3.34. The van der Waals surface area contributed by atoms with Crippen molar-refractivity contribution in [1.82, 2.24) is 9.97 Å². The molecule has 1 aliphatic rings. The van der Waals surface area contributed by atoms with Gasteiger partial charge in [0.05, 0.1) is 17.7 Å². The fourth-order valence-corrected chi connectivity index (χ4v) is 4.56. The molecule has 0 amide bonds. The molecule has 1 aromatic carbocycles. The molecule has 4 rings (SSSR count). The molecule has 0 unspecified atom stereocenters. The normalized spacial score (nSPS) is 14.3. The largest absolute Gasteiger partial charge is 0.494 e. The zero-order chi connectivity index (χ0) is 17.9. The molecule has 6 heteroatoms. The molecule has 0 atom stereocenters. The van der Waals surface area contributed by atoms with Crippen LogP contribution in [0.3, 0.4) is 0 Å². The molecule has 0 spiro atoms. The average molecular weight is 366 g/mol. The van der Waals surface area contributed by atoms with E-state index in [1.54, 1.807) is 17.7 Å². The third-order valence-corrected chi connectivity index (χ3v) is 5.86. The lowest BCUT2D eigenvalue weighted by atomic mass is 9.97. The Morgan fingerprint density at radius 3 is 2.81 bits per heavy atom. The van der Waals surface area contributed by atoms with Gasteiger partial charge in [-0.25, -0.2) is 9.97 Å². The predicted octanol–water partition coefficient (Wildman–Crippen LogP) is 4.80. The summed E-state index contributed by atoms with van der Waals surface area (Å²) in [5.41, 5.74) is 6.55. The van der Waals surface area contributed by atoms with Gasteiger partial charge in [-0.15, -0.1) is 11.3 Å². The van der Waals surface area contributed by atoms with Crippen molar-refractivity contribution in [3.05, 3.63) is 46.6 Å². The number of aromatic nitrogens is 2. The summed E-state index contributed by atoms with van der Waals surface area (Å²) < 4.78 is 5.49. The lowest BCUT2D eigenvalue weighted by Gasteiger charge is -2.11. The zero-order valence-electron chi connectivity index (χ0n) is 15.1. The molecule has 0 aliphatic heterocycles. The van der Waals surface area contributed by atoms with E-state index < -0.39 is 0 Å². The van der Waals surface area contributed by atoms with Gasteiger partial charge in [-0.05, 0) is 74.9 Å². The first-order valence-electron chi connectivity index (χ1n) is 9.05. The number of ether oxygens (including phenoxy) is 1. The number of hydrogen-bond donors (Lipinski definition) is 1. The average Bonchev–Trinajstić information content (AvgIpc) is 3.06. The van der Waals surface area contributed by atoms with E-state index in [9.17, 15) is 0 Å². The van der Waals surface area contributed by atoms with E-state index in [0.29, 0.717) is 6.61 Å². The maximum Gasteiger partial charge on any atom is 0.158 e. The second-order valence-corrected chi connectivity index (χ2v) is 7.46. The highest BCUT2D eigenvalue weighted by molar-refractivity contribution is 7.19. The SMILES string of the molecule is CCOc1ccc(/C(C)=N\Nc2ncnc3sc4c(c23)CCCC4)cc1. The number of anilines is 1. The summed E-state index contributed by atoms with van der Waals surface area (Å²) in [7, 11) is 0. The number of aryl methyl sites for hydroxylation is 2. The highest BCUT2D eigenvalue weighted by Crippen LogP contribution is 2.38. The molecule has 26 heavy (non-hydrogen) atoms. The minimum atomic E-state index is 0.669. The number of hydrazone groups is 1. The van der Waals surface area contributed by atoms with Crippen molar-refractivity contribution in [3.8, 4) is 5.75 Å². The molecule has 0 saturated carbocycles. The molecule has 0 fully saturated rings. The van der Waals surface area contributed by atoms with Crippen molar-refractivity contribution < 1.29 is 4.74 Å². The second kappa shape index (κ2) is 7.41. The molecular weight excluding hydrogens is 344 g/mol. The van der Waals surface area contributed by atoms with Gasteiger partial charge in [0, 0.05) is 4.88 Å². The first-order chi connectivity index (χ1) is 12.8. The van der Waals surface area contributed by atoms with Crippen LogP contribution >= 0.6 is 11.3 Å². The van der Waals surface area contributed by atoms with Crippen molar-refractivity contribution >= 4 is 33.1 Å². The number of rotatable bonds is 5. The van der Waals surface area contributed by atoms with E-state index in [2.05, 4.69) is 20.5 Å². The summed E-state index contributed by atoms with van der Waals surface area (Å²) >= 11 is 1.80. The first-order valence-corrected chi connectivity index (χ1v) is 9.86. The number of thiophene rings is 1. The van der Waals surface area contributed by atoms with Crippen LogP contribution in [-0.2, 0) is 12.8 Å². The van der Waals surface area contributed by atoms with Crippen molar-refractivity contribution in [1.29, 1.82) is 0 Å². The van der Waals surface area contributed by atoms with Gasteiger partial charge in [0.2, 0.25) is 0 Å². The minimum Gasteiger partial charge on any atom is -0.494 e. The summed E-state index contributed by atoms with van der Waals surface area (Å²) in [6.07, 6.45) is 6.39. The molecule has 1 aliphatic carbocycles. The first kappa shape index (κ1) is 17.0. The molecule has 134 valence electrons. The molecule has 5 nitrogen and oxygen atoms in total. The smallest absolute Gasteiger partial charge is 0.158 e. The summed E-state index contributed by atoms with van der Waals surface area (Å²) in [4.78, 5) is 11.4. The number of nitrogens with zero attached hydrogens (tertiary/aromatic N) is 3. The highest BCUT2D eigenvalue weighted by Gasteiger charge is 2.19. The quantitative estimate of drug-likeness (QED) is 0.520. The Morgan fingerprint density at radius 1 is 1.19 bits per heavy atom. The lowest BCUT2D eigenvalue weighted by Crippen LogP contribution is -2.03. The molecule has 3 aromatic rings. The van der Waals surface area contributed by atoms with Gasteiger partial charge in [0.15, 0.2) is 5.82 Å². The van der Waals surface area contributed by atoms with Crippen molar-refractivity contribution in [2.24, 2.45) is 5.10 Å². The van der Waals surface area contributed by atoms with Gasteiger partial charge in [-0.3, -0.25) is 5.43 Å². The van der Waals surface area contributed by atoms with Crippen LogP contribution in [0.4, 0.5) is 5.82 Å². The third kappa shape index (κ3) is 3.29. The molecule has 0 bridgehead atoms. The Hall–Kier alpha value is -2.47. The lowest BCUT2D eigenvalue weighted by molar-refractivity contribution is 0.340. The van der Waals surface area contributed by atoms with E-state index in [-0.39, 0.29) is 0 Å². The Bertz CT molecular complexity index is 946. The molecular formula is C20H22N4OS. The van der Waals surface area contributed by atoms with Crippen molar-refractivity contribution in [3.63, 3.8) is 0 Å². The van der Waals surface area contributed by atoms with Gasteiger partial charge in [-0.1, -0.05) is 0 Å². The van der Waals surface area contributed by atoms with Gasteiger partial charge >= 0.3 is 0 Å². The van der Waals surface area contributed by atoms with E-state index >= 15 is 0 Å². The molecule has 2 aromatic heterocycles. The molecule has 0 radical (unpaired) electrons. The van der Waals surface area contributed by atoms with Crippen molar-refractivity contribution in [2.45, 2.75) is 39.5 Å². The van der Waals surface area contributed by atoms with Crippen LogP contribution in [0.2, 0.25) is 0 Å². The van der Waals surface area contributed by atoms with Gasteiger partial charge in [0.25, 0.3) is 0 Å². The van der Waals surface area contributed by atoms with E-state index in [1.807, 2.05) is 38.1 Å². The summed E-state index contributed by atoms with van der Waals surface area (Å²) in [6, 6.07) is 7.98. The van der Waals surface area contributed by atoms with E-state index in [0.717, 1.165) is 45.9 Å². The van der Waals surface area contributed by atoms with Gasteiger partial charge < -0.3 is 4.74 Å². The monoisotopic (exact) mass is 366 g/mol. The Labute approximate surface area is 157 Å². The number of benzene rings is 1. The van der Waals surface area contributed by atoms with Crippen LogP contribution < -0.4 is 10.2 Å². The van der Waals surface area contributed by atoms with Gasteiger partial charge in [-0.2, -0.15) is 5.10 Å². The van der Waals surface area contributed by atoms with Gasteiger partial charge in [0.1, 0.15) is 16.9 Å². The van der Waals surface area contributed by atoms with Crippen LogP contribution in [0.1, 0.15) is 42.7 Å². The molecule has 0 saturated heterocycles. The Morgan fingerprint density at radius 2 is 2.00 bits per heavy atom. The number of nitrogens with one attached hydrogen (secondary N) is 1. The zero-order valence-corrected chi connectivity index (χ0v) is 15.9. The third-order valence-electron chi connectivity index (χ3n) is 4.66. The maximum atomic E-state index is 5.49. The number of hydrogen-bond acceptors (Lipinski definition) is 6. The molecule has 1 N–H and O–H groups in total. The van der Waals surface area contributed by atoms with Crippen LogP contribution in [-0.4, -0.2) is 22.3 Å². The van der Waals surface area contributed by atoms with Crippen LogP contribution in [0.5, 0.6) is 5.75 Å². The second-order valence-electron chi connectivity index (χ2n) is 6.38. The van der Waals surface area contributed by atoms with E-state index in [1.165, 1.54) is 23.3 Å². The fraction of sp³-hybridized carbons (Fsp3) is 0.350. The van der Waals surface area contributed by atoms with Crippen LogP contribution in [0.25, 0.3) is 10.2 Å². The van der Waals surface area contributed by atoms with Crippen LogP contribution in [0, 0.1) is 0 Å². The summed E-state index contributed by atoms with van der Waals surface area (Å²) in [5.74, 6) is 1.68. The Kier molecular flexibility index (Phi) is 4.84. The van der Waals surface area contributed by atoms with Crippen LogP contribution in [0.15, 0.2) is 35.7 Å². The topological polar surface area (TPSA) is 59.4 Å². The summed E-state index contributed by atoms with van der Waals surface area (Å²) in [6.45, 7) is 4.64. The highest BCUT2D eigenvalue weighted by atomic mass is 32.1. The minimum absolute atomic E-state index is 0.669. The Balaban J connectivity index is 1.60. The number of fused-ring (bicyclic) bond motifs is 3. The standard InChI is InChI=1S/C20H22N4OS/c1-3-25-15-10-8-14(9-11-15)13(2)23-24-19-18-16-6-4-5-7-17(16)26-20(18)22-12-21-19/h8-12H,3-7H2,1-2H3,(H,21,22,24)/b23-13-. The maximum absolute atomic E-state index is 5.49. The predicted molar refractivity (Wildman–Crippen MR) is 108 cm³/mol.